The lowest BCUT2D eigenvalue weighted by Crippen LogP contribution is -2.42. The number of piperidine rings is 1. The molecule has 0 saturated carbocycles. The zero-order valence-corrected chi connectivity index (χ0v) is 15.7. The van der Waals surface area contributed by atoms with Gasteiger partial charge in [-0.1, -0.05) is 42.5 Å². The Morgan fingerprint density at radius 1 is 1.07 bits per heavy atom. The monoisotopic (exact) mass is 366 g/mol. The van der Waals surface area contributed by atoms with Gasteiger partial charge in [-0.05, 0) is 43.1 Å². The fourth-order valence-electron chi connectivity index (χ4n) is 3.61. The van der Waals surface area contributed by atoms with Crippen LogP contribution in [-0.4, -0.2) is 46.9 Å². The molecule has 1 N–H and O–H groups in total. The largest absolute Gasteiger partial charge is 0.481 e. The number of carbonyl (C=O) groups excluding carboxylic acids is 1. The minimum Gasteiger partial charge on any atom is -0.481 e. The van der Waals surface area contributed by atoms with Crippen molar-refractivity contribution in [3.05, 3.63) is 71.3 Å². The Hall–Kier alpha value is -2.66. The minimum absolute atomic E-state index is 0.0755. The van der Waals surface area contributed by atoms with Crippen molar-refractivity contribution in [3.8, 4) is 0 Å². The zero-order valence-electron chi connectivity index (χ0n) is 15.7. The fourth-order valence-corrected chi connectivity index (χ4v) is 3.61. The number of benzene rings is 2. The zero-order chi connectivity index (χ0) is 19.2. The Labute approximate surface area is 160 Å². The number of rotatable bonds is 6. The molecule has 0 spiro atoms. The van der Waals surface area contributed by atoms with Gasteiger partial charge in [0.15, 0.2) is 0 Å². The maximum Gasteiger partial charge on any atom is 0.308 e. The van der Waals surface area contributed by atoms with Gasteiger partial charge in [-0.25, -0.2) is 0 Å². The van der Waals surface area contributed by atoms with Crippen LogP contribution in [0.15, 0.2) is 54.6 Å². The topological polar surface area (TPSA) is 60.9 Å². The third-order valence-corrected chi connectivity index (χ3v) is 4.98. The average molecular weight is 366 g/mol. The first-order valence-corrected chi connectivity index (χ1v) is 9.36. The molecule has 1 saturated heterocycles. The van der Waals surface area contributed by atoms with Crippen LogP contribution in [0, 0.1) is 5.92 Å². The van der Waals surface area contributed by atoms with E-state index >= 15 is 0 Å². The van der Waals surface area contributed by atoms with Gasteiger partial charge in [0.1, 0.15) is 0 Å². The van der Waals surface area contributed by atoms with E-state index < -0.39 is 11.9 Å². The van der Waals surface area contributed by atoms with Gasteiger partial charge in [0.05, 0.1) is 5.92 Å². The molecular weight excluding hydrogens is 340 g/mol. The van der Waals surface area contributed by atoms with Gasteiger partial charge in [-0.2, -0.15) is 0 Å². The van der Waals surface area contributed by atoms with Crippen molar-refractivity contribution in [2.24, 2.45) is 5.92 Å². The van der Waals surface area contributed by atoms with Gasteiger partial charge in [0.2, 0.25) is 0 Å². The van der Waals surface area contributed by atoms with Crippen LogP contribution >= 0.6 is 0 Å². The molecule has 0 aliphatic carbocycles. The molecule has 1 fully saturated rings. The van der Waals surface area contributed by atoms with Crippen molar-refractivity contribution in [2.75, 3.05) is 20.1 Å². The normalized spacial score (nSPS) is 17.1. The second kappa shape index (κ2) is 8.82. The van der Waals surface area contributed by atoms with Crippen LogP contribution in [0.2, 0.25) is 0 Å². The van der Waals surface area contributed by atoms with Crippen molar-refractivity contribution >= 4 is 11.9 Å². The van der Waals surface area contributed by atoms with Crippen LogP contribution in [0.5, 0.6) is 0 Å². The predicted octanol–water partition coefficient (Wildman–Crippen LogP) is 3.26. The van der Waals surface area contributed by atoms with E-state index in [1.165, 1.54) is 5.56 Å². The summed E-state index contributed by atoms with van der Waals surface area (Å²) in [6.07, 6.45) is 1.38. The number of carbonyl (C=O) groups is 2. The highest BCUT2D eigenvalue weighted by atomic mass is 16.4. The molecule has 2 aromatic rings. The van der Waals surface area contributed by atoms with Gasteiger partial charge in [-0.3, -0.25) is 14.5 Å². The lowest BCUT2D eigenvalue weighted by atomic mass is 9.97. The van der Waals surface area contributed by atoms with E-state index in [1.807, 2.05) is 42.5 Å². The van der Waals surface area contributed by atoms with Crippen molar-refractivity contribution in [1.29, 1.82) is 0 Å². The third kappa shape index (κ3) is 5.17. The van der Waals surface area contributed by atoms with E-state index in [0.29, 0.717) is 25.1 Å². The molecule has 0 aromatic heterocycles. The van der Waals surface area contributed by atoms with Crippen molar-refractivity contribution < 1.29 is 14.7 Å². The Kier molecular flexibility index (Phi) is 6.24. The van der Waals surface area contributed by atoms with E-state index in [0.717, 1.165) is 25.1 Å². The molecule has 1 aliphatic rings. The summed E-state index contributed by atoms with van der Waals surface area (Å²) in [6, 6.07) is 17.9. The third-order valence-electron chi connectivity index (χ3n) is 4.98. The van der Waals surface area contributed by atoms with Gasteiger partial charge in [-0.15, -0.1) is 0 Å². The lowest BCUT2D eigenvalue weighted by Gasteiger charge is -2.31. The first-order valence-electron chi connectivity index (χ1n) is 9.36. The SMILES string of the molecule is CN(Cc1ccccc1)Cc1cccc(C(=O)N2CCCC(C(=O)O)C2)c1. The lowest BCUT2D eigenvalue weighted by molar-refractivity contribution is -0.143. The maximum absolute atomic E-state index is 12.8. The van der Waals surface area contributed by atoms with Gasteiger partial charge >= 0.3 is 5.97 Å². The summed E-state index contributed by atoms with van der Waals surface area (Å²) in [4.78, 5) is 27.9. The summed E-state index contributed by atoms with van der Waals surface area (Å²) in [5.74, 6) is -1.35. The van der Waals surface area contributed by atoms with Gasteiger partial charge in [0, 0.05) is 31.7 Å². The summed E-state index contributed by atoms with van der Waals surface area (Å²) in [6.45, 7) is 2.51. The predicted molar refractivity (Wildman–Crippen MR) is 104 cm³/mol. The number of hydrogen-bond acceptors (Lipinski definition) is 3. The van der Waals surface area contributed by atoms with E-state index in [9.17, 15) is 14.7 Å². The van der Waals surface area contributed by atoms with E-state index in [1.54, 1.807) is 4.90 Å². The van der Waals surface area contributed by atoms with E-state index in [4.69, 9.17) is 0 Å². The molecule has 1 heterocycles. The molecule has 1 aliphatic heterocycles. The standard InChI is InChI=1S/C22H26N2O3/c1-23(14-17-7-3-2-4-8-17)15-18-9-5-10-19(13-18)21(25)24-12-6-11-20(16-24)22(26)27/h2-5,7-10,13,20H,6,11-12,14-16H2,1H3,(H,26,27). The number of carboxylic acids is 1. The molecule has 0 radical (unpaired) electrons. The Balaban J connectivity index is 1.64. The summed E-state index contributed by atoms with van der Waals surface area (Å²) in [7, 11) is 2.06. The minimum atomic E-state index is -0.816. The summed E-state index contributed by atoms with van der Waals surface area (Å²) in [5.41, 5.74) is 2.96. The molecule has 5 heteroatoms. The summed E-state index contributed by atoms with van der Waals surface area (Å²) >= 11 is 0. The quantitative estimate of drug-likeness (QED) is 0.852. The number of nitrogens with zero attached hydrogens (tertiary/aromatic N) is 2. The first kappa shape index (κ1) is 19.1. The van der Waals surface area contributed by atoms with Crippen molar-refractivity contribution in [1.82, 2.24) is 9.80 Å². The molecule has 0 bridgehead atoms. The maximum atomic E-state index is 12.8. The fraction of sp³-hybridized carbons (Fsp3) is 0.364. The van der Waals surface area contributed by atoms with Crippen LogP contribution in [0.4, 0.5) is 0 Å². The highest BCUT2D eigenvalue weighted by molar-refractivity contribution is 5.94. The number of amides is 1. The molecule has 3 rings (SSSR count). The Morgan fingerprint density at radius 2 is 1.78 bits per heavy atom. The molecule has 1 atom stereocenters. The number of likely N-dealkylation sites (tertiary alicyclic amines) is 1. The number of hydrogen-bond donors (Lipinski definition) is 1. The Bertz CT molecular complexity index is 791. The highest BCUT2D eigenvalue weighted by Gasteiger charge is 2.28. The second-order valence-electron chi connectivity index (χ2n) is 7.29. The van der Waals surface area contributed by atoms with Crippen LogP contribution < -0.4 is 0 Å². The van der Waals surface area contributed by atoms with Gasteiger partial charge in [0.25, 0.3) is 5.91 Å². The van der Waals surface area contributed by atoms with Crippen LogP contribution in [0.1, 0.15) is 34.3 Å². The van der Waals surface area contributed by atoms with E-state index in [2.05, 4.69) is 24.1 Å². The van der Waals surface area contributed by atoms with E-state index in [-0.39, 0.29) is 5.91 Å². The first-order chi connectivity index (χ1) is 13.0. The smallest absolute Gasteiger partial charge is 0.308 e. The molecule has 27 heavy (non-hydrogen) atoms. The average Bonchev–Trinajstić information content (AvgIpc) is 2.68. The molecule has 142 valence electrons. The summed E-state index contributed by atoms with van der Waals surface area (Å²) < 4.78 is 0. The van der Waals surface area contributed by atoms with Crippen LogP contribution in [-0.2, 0) is 17.9 Å². The summed E-state index contributed by atoms with van der Waals surface area (Å²) in [5, 5.41) is 9.23. The van der Waals surface area contributed by atoms with Crippen LogP contribution in [0.25, 0.3) is 0 Å². The Morgan fingerprint density at radius 3 is 2.52 bits per heavy atom. The molecule has 5 nitrogen and oxygen atoms in total. The molecular formula is C22H26N2O3. The highest BCUT2D eigenvalue weighted by Crippen LogP contribution is 2.19. The number of aliphatic carboxylic acids is 1. The second-order valence-corrected chi connectivity index (χ2v) is 7.29. The number of carboxylic acid groups (broad SMARTS) is 1. The molecule has 1 amide bonds. The van der Waals surface area contributed by atoms with Crippen molar-refractivity contribution in [3.63, 3.8) is 0 Å². The molecule has 1 unspecified atom stereocenters. The van der Waals surface area contributed by atoms with Crippen molar-refractivity contribution in [2.45, 2.75) is 25.9 Å². The molecule has 2 aromatic carbocycles. The van der Waals surface area contributed by atoms with Gasteiger partial charge < -0.3 is 10.0 Å². The van der Waals surface area contributed by atoms with Crippen LogP contribution in [0.3, 0.4) is 0 Å².